The van der Waals surface area contributed by atoms with Crippen molar-refractivity contribution in [1.82, 2.24) is 29.7 Å². The predicted molar refractivity (Wildman–Crippen MR) is 86.2 cm³/mol. The lowest BCUT2D eigenvalue weighted by Gasteiger charge is -2.09. The molecule has 0 aromatic carbocycles. The molecule has 0 spiro atoms. The lowest BCUT2D eigenvalue weighted by molar-refractivity contribution is 0.186. The van der Waals surface area contributed by atoms with E-state index in [4.69, 9.17) is 4.74 Å². The summed E-state index contributed by atoms with van der Waals surface area (Å²) >= 11 is 0. The van der Waals surface area contributed by atoms with Gasteiger partial charge >= 0.3 is 0 Å². The van der Waals surface area contributed by atoms with Gasteiger partial charge in [-0.2, -0.15) is 0 Å². The summed E-state index contributed by atoms with van der Waals surface area (Å²) in [5.41, 5.74) is 0.700. The van der Waals surface area contributed by atoms with Gasteiger partial charge in [0.1, 0.15) is 23.8 Å². The van der Waals surface area contributed by atoms with Crippen molar-refractivity contribution in [2.24, 2.45) is 0 Å². The smallest absolute Gasteiger partial charge is 0.164 e. The molecule has 0 saturated carbocycles. The van der Waals surface area contributed by atoms with Gasteiger partial charge in [-0.25, -0.2) is 15.0 Å². The van der Waals surface area contributed by atoms with E-state index in [-0.39, 0.29) is 0 Å². The van der Waals surface area contributed by atoms with Crippen molar-refractivity contribution in [1.29, 1.82) is 0 Å². The van der Waals surface area contributed by atoms with Crippen molar-refractivity contribution in [3.63, 3.8) is 0 Å². The Balaban J connectivity index is 1.69. The van der Waals surface area contributed by atoms with Crippen molar-refractivity contribution < 1.29 is 4.74 Å². The van der Waals surface area contributed by atoms with Crippen LogP contribution in [0.3, 0.4) is 0 Å². The fraction of sp³-hybridized carbons (Fsp3) is 0.400. The number of hydrogen-bond acceptors (Lipinski definition) is 7. The van der Waals surface area contributed by atoms with Gasteiger partial charge in [0.15, 0.2) is 5.65 Å². The quantitative estimate of drug-likeness (QED) is 0.701. The molecular weight excluding hydrogens is 294 g/mol. The molecule has 0 saturated heterocycles. The van der Waals surface area contributed by atoms with Gasteiger partial charge in [0.2, 0.25) is 0 Å². The van der Waals surface area contributed by atoms with Crippen LogP contribution in [0.25, 0.3) is 11.0 Å². The third kappa shape index (κ3) is 3.59. The predicted octanol–water partition coefficient (Wildman–Crippen LogP) is 1.23. The molecule has 3 heterocycles. The van der Waals surface area contributed by atoms with Gasteiger partial charge < -0.3 is 14.6 Å². The monoisotopic (exact) mass is 313 g/mol. The zero-order chi connectivity index (χ0) is 16.1. The third-order valence-corrected chi connectivity index (χ3v) is 3.46. The number of anilines is 1. The molecule has 1 N–H and O–H groups in total. The highest BCUT2D eigenvalue weighted by Gasteiger charge is 2.07. The molecule has 0 atom stereocenters. The average Bonchev–Trinajstić information content (AvgIpc) is 3.00. The maximum Gasteiger partial charge on any atom is 0.164 e. The van der Waals surface area contributed by atoms with Crippen LogP contribution in [-0.2, 0) is 17.7 Å². The summed E-state index contributed by atoms with van der Waals surface area (Å²) in [6.45, 7) is 3.95. The second-order valence-electron chi connectivity index (χ2n) is 5.10. The van der Waals surface area contributed by atoms with Crippen LogP contribution in [0.4, 0.5) is 5.82 Å². The van der Waals surface area contributed by atoms with E-state index in [9.17, 15) is 0 Å². The summed E-state index contributed by atoms with van der Waals surface area (Å²) in [5, 5.41) is 12.4. The molecule has 23 heavy (non-hydrogen) atoms. The van der Waals surface area contributed by atoms with Crippen molar-refractivity contribution in [3.8, 4) is 0 Å². The molecular formula is C15H19N7O. The molecule has 0 bridgehead atoms. The summed E-state index contributed by atoms with van der Waals surface area (Å²) in [4.78, 5) is 13.1. The largest absolute Gasteiger partial charge is 0.383 e. The van der Waals surface area contributed by atoms with Crippen molar-refractivity contribution in [2.45, 2.75) is 19.9 Å². The number of rotatable bonds is 7. The first-order chi connectivity index (χ1) is 11.3. The van der Waals surface area contributed by atoms with E-state index in [0.717, 1.165) is 30.0 Å². The molecule has 0 unspecified atom stereocenters. The number of aryl methyl sites for hydroxylation is 1. The van der Waals surface area contributed by atoms with E-state index < -0.39 is 0 Å². The normalized spacial score (nSPS) is 11.0. The van der Waals surface area contributed by atoms with E-state index in [1.807, 2.05) is 23.6 Å². The summed E-state index contributed by atoms with van der Waals surface area (Å²) < 4.78 is 7.09. The van der Waals surface area contributed by atoms with Crippen LogP contribution in [0, 0.1) is 6.92 Å². The topological polar surface area (TPSA) is 90.6 Å². The lowest BCUT2D eigenvalue weighted by atomic mass is 10.3. The molecule has 3 aromatic heterocycles. The number of nitrogens with one attached hydrogen (secondary N) is 1. The van der Waals surface area contributed by atoms with Gasteiger partial charge in [0.25, 0.3) is 0 Å². The van der Waals surface area contributed by atoms with E-state index >= 15 is 0 Å². The molecule has 0 aliphatic carbocycles. The maximum atomic E-state index is 5.09. The van der Waals surface area contributed by atoms with Gasteiger partial charge in [-0.3, -0.25) is 0 Å². The van der Waals surface area contributed by atoms with Gasteiger partial charge in [-0.15, -0.1) is 10.2 Å². The Morgan fingerprint density at radius 1 is 1.30 bits per heavy atom. The number of ether oxygens (including phenoxy) is 1. The van der Waals surface area contributed by atoms with Gasteiger partial charge in [0, 0.05) is 32.8 Å². The summed E-state index contributed by atoms with van der Waals surface area (Å²) in [6.07, 6.45) is 4.20. The van der Waals surface area contributed by atoms with E-state index in [1.165, 1.54) is 0 Å². The first kappa shape index (κ1) is 15.3. The highest BCUT2D eigenvalue weighted by atomic mass is 16.5. The highest BCUT2D eigenvalue weighted by molar-refractivity contribution is 5.86. The fourth-order valence-electron chi connectivity index (χ4n) is 2.35. The Morgan fingerprint density at radius 2 is 2.22 bits per heavy atom. The van der Waals surface area contributed by atoms with Crippen LogP contribution < -0.4 is 5.32 Å². The second-order valence-corrected chi connectivity index (χ2v) is 5.10. The number of pyridine rings is 1. The van der Waals surface area contributed by atoms with Crippen LogP contribution in [0.5, 0.6) is 0 Å². The molecule has 0 fully saturated rings. The molecule has 0 aliphatic heterocycles. The molecule has 3 aromatic rings. The molecule has 120 valence electrons. The zero-order valence-electron chi connectivity index (χ0n) is 13.2. The number of nitrogens with zero attached hydrogens (tertiary/aromatic N) is 6. The molecule has 0 aliphatic rings. The average molecular weight is 313 g/mol. The Labute approximate surface area is 134 Å². The molecule has 8 nitrogen and oxygen atoms in total. The standard InChI is InChI=1S/C15H19N7O/c1-11-19-14-12(4-3-6-16-14)15(20-11)17-7-5-13-21-18-10-22(13)8-9-23-2/h3-4,6,10H,5,7-9H2,1-2H3,(H,16,17,19,20). The third-order valence-electron chi connectivity index (χ3n) is 3.46. The summed E-state index contributed by atoms with van der Waals surface area (Å²) in [6, 6.07) is 3.85. The van der Waals surface area contributed by atoms with Gasteiger partial charge in [0.05, 0.1) is 12.0 Å². The van der Waals surface area contributed by atoms with Crippen LogP contribution in [0.15, 0.2) is 24.7 Å². The van der Waals surface area contributed by atoms with Crippen LogP contribution in [-0.4, -0.2) is 50.0 Å². The number of methoxy groups -OCH3 is 1. The first-order valence-corrected chi connectivity index (χ1v) is 7.47. The lowest BCUT2D eigenvalue weighted by Crippen LogP contribution is -2.13. The van der Waals surface area contributed by atoms with Crippen molar-refractivity contribution in [2.75, 3.05) is 25.6 Å². The minimum absolute atomic E-state index is 0.639. The Hall–Kier alpha value is -2.61. The Morgan fingerprint density at radius 3 is 3.09 bits per heavy atom. The maximum absolute atomic E-state index is 5.09. The number of fused-ring (bicyclic) bond motifs is 1. The zero-order valence-corrected chi connectivity index (χ0v) is 13.2. The minimum atomic E-state index is 0.639. The molecule has 8 heteroatoms. The molecule has 3 rings (SSSR count). The highest BCUT2D eigenvalue weighted by Crippen LogP contribution is 2.17. The van der Waals surface area contributed by atoms with Crippen molar-refractivity contribution in [3.05, 3.63) is 36.3 Å². The Kier molecular flexibility index (Phi) is 4.72. The van der Waals surface area contributed by atoms with Crippen LogP contribution in [0.2, 0.25) is 0 Å². The minimum Gasteiger partial charge on any atom is -0.383 e. The second kappa shape index (κ2) is 7.10. The van der Waals surface area contributed by atoms with E-state index in [2.05, 4.69) is 30.5 Å². The van der Waals surface area contributed by atoms with Crippen LogP contribution >= 0.6 is 0 Å². The van der Waals surface area contributed by atoms with Gasteiger partial charge in [-0.05, 0) is 19.1 Å². The first-order valence-electron chi connectivity index (χ1n) is 7.47. The van der Waals surface area contributed by atoms with Gasteiger partial charge in [-0.1, -0.05) is 0 Å². The summed E-state index contributed by atoms with van der Waals surface area (Å²) in [5.74, 6) is 2.41. The SMILES string of the molecule is COCCn1cnnc1CCNc1nc(C)nc2ncccc12. The molecule has 0 amide bonds. The van der Waals surface area contributed by atoms with Crippen LogP contribution in [0.1, 0.15) is 11.6 Å². The molecule has 0 radical (unpaired) electrons. The Bertz CT molecular complexity index is 786. The number of hydrogen-bond donors (Lipinski definition) is 1. The summed E-state index contributed by atoms with van der Waals surface area (Å²) in [7, 11) is 1.68. The van der Waals surface area contributed by atoms with Crippen molar-refractivity contribution >= 4 is 16.9 Å². The van der Waals surface area contributed by atoms with E-state index in [0.29, 0.717) is 24.6 Å². The fourth-order valence-corrected chi connectivity index (χ4v) is 2.35. The van der Waals surface area contributed by atoms with E-state index in [1.54, 1.807) is 19.6 Å². The number of aromatic nitrogens is 6.